The summed E-state index contributed by atoms with van der Waals surface area (Å²) in [6.45, 7) is 0. The second-order valence-electron chi connectivity index (χ2n) is 5.59. The lowest BCUT2D eigenvalue weighted by Gasteiger charge is -2.04. The molecule has 0 saturated carbocycles. The van der Waals surface area contributed by atoms with Crippen LogP contribution in [-0.2, 0) is 0 Å². The van der Waals surface area contributed by atoms with Crippen molar-refractivity contribution >= 4 is 50.4 Å². The molecule has 3 heterocycles. The number of benzene rings is 1. The molecule has 0 fully saturated rings. The van der Waals surface area contributed by atoms with E-state index in [1.165, 1.54) is 11.3 Å². The van der Waals surface area contributed by atoms with Crippen molar-refractivity contribution in [2.24, 2.45) is 0 Å². The molecule has 1 aromatic carbocycles. The number of nitrogens with zero attached hydrogens (tertiary/aromatic N) is 2. The maximum Gasteiger partial charge on any atom is 0.267 e. The summed E-state index contributed by atoms with van der Waals surface area (Å²) in [6, 6.07) is 14.5. The predicted molar refractivity (Wildman–Crippen MR) is 107 cm³/mol. The van der Waals surface area contributed by atoms with Gasteiger partial charge in [0, 0.05) is 34.1 Å². The van der Waals surface area contributed by atoms with Crippen molar-refractivity contribution in [2.45, 2.75) is 0 Å². The standard InChI is InChI=1S/C19H13ClN4OS/c20-12-1-3-13(4-2-12)23-18(25)17-16(21)14-5-6-15(24-19(14)26-17)11-7-9-22-10-8-11/h1-10H,21H2,(H,23,25). The number of rotatable bonds is 3. The number of nitrogens with two attached hydrogens (primary N) is 1. The molecule has 0 unspecified atom stereocenters. The molecule has 7 heteroatoms. The quantitative estimate of drug-likeness (QED) is 0.532. The van der Waals surface area contributed by atoms with Gasteiger partial charge in [0.1, 0.15) is 9.71 Å². The van der Waals surface area contributed by atoms with Gasteiger partial charge in [-0.05, 0) is 48.5 Å². The summed E-state index contributed by atoms with van der Waals surface area (Å²) in [4.78, 5) is 22.4. The van der Waals surface area contributed by atoms with Gasteiger partial charge in [-0.25, -0.2) is 4.98 Å². The van der Waals surface area contributed by atoms with Crippen LogP contribution in [0.4, 0.5) is 11.4 Å². The lowest BCUT2D eigenvalue weighted by atomic mass is 10.1. The van der Waals surface area contributed by atoms with E-state index in [1.54, 1.807) is 36.7 Å². The average molecular weight is 381 g/mol. The normalized spacial score (nSPS) is 10.8. The second-order valence-corrected chi connectivity index (χ2v) is 7.03. The summed E-state index contributed by atoms with van der Waals surface area (Å²) >= 11 is 7.14. The van der Waals surface area contributed by atoms with Crippen LogP contribution in [0.5, 0.6) is 0 Å². The van der Waals surface area contributed by atoms with Crippen LogP contribution in [-0.4, -0.2) is 15.9 Å². The van der Waals surface area contributed by atoms with Crippen LogP contribution in [0.3, 0.4) is 0 Å². The molecule has 0 spiro atoms. The predicted octanol–water partition coefficient (Wildman–Crippen LogP) is 4.85. The van der Waals surface area contributed by atoms with Crippen molar-refractivity contribution in [1.82, 2.24) is 9.97 Å². The zero-order valence-electron chi connectivity index (χ0n) is 13.4. The molecular weight excluding hydrogens is 368 g/mol. The van der Waals surface area contributed by atoms with Gasteiger partial charge >= 0.3 is 0 Å². The number of hydrogen-bond acceptors (Lipinski definition) is 5. The molecular formula is C19H13ClN4OS. The van der Waals surface area contributed by atoms with Crippen molar-refractivity contribution in [2.75, 3.05) is 11.1 Å². The number of thiophene rings is 1. The van der Waals surface area contributed by atoms with E-state index in [1.807, 2.05) is 24.3 Å². The Kier molecular flexibility index (Phi) is 4.28. The van der Waals surface area contributed by atoms with E-state index >= 15 is 0 Å². The number of amides is 1. The van der Waals surface area contributed by atoms with Crippen LogP contribution in [0, 0.1) is 0 Å². The van der Waals surface area contributed by atoms with Crippen molar-refractivity contribution in [1.29, 1.82) is 0 Å². The maximum atomic E-state index is 12.6. The third-order valence-electron chi connectivity index (χ3n) is 3.88. The smallest absolute Gasteiger partial charge is 0.267 e. The molecule has 0 atom stereocenters. The Balaban J connectivity index is 1.68. The van der Waals surface area contributed by atoms with E-state index in [4.69, 9.17) is 17.3 Å². The third-order valence-corrected chi connectivity index (χ3v) is 5.24. The lowest BCUT2D eigenvalue weighted by Crippen LogP contribution is -2.11. The highest BCUT2D eigenvalue weighted by atomic mass is 35.5. The average Bonchev–Trinajstić information content (AvgIpc) is 3.00. The minimum Gasteiger partial charge on any atom is -0.397 e. The first-order chi connectivity index (χ1) is 12.6. The second kappa shape index (κ2) is 6.74. The monoisotopic (exact) mass is 380 g/mol. The number of aromatic nitrogens is 2. The molecule has 3 N–H and O–H groups in total. The summed E-state index contributed by atoms with van der Waals surface area (Å²) in [5.41, 5.74) is 9.04. The highest BCUT2D eigenvalue weighted by Gasteiger charge is 2.18. The number of hydrogen-bond donors (Lipinski definition) is 2. The lowest BCUT2D eigenvalue weighted by molar-refractivity contribution is 0.103. The van der Waals surface area contributed by atoms with Crippen molar-refractivity contribution in [3.8, 4) is 11.3 Å². The van der Waals surface area contributed by atoms with Gasteiger partial charge < -0.3 is 11.1 Å². The van der Waals surface area contributed by atoms with E-state index in [0.717, 1.165) is 21.5 Å². The van der Waals surface area contributed by atoms with Gasteiger partial charge in [-0.3, -0.25) is 9.78 Å². The Hall–Kier alpha value is -2.96. The zero-order valence-corrected chi connectivity index (χ0v) is 15.0. The van der Waals surface area contributed by atoms with Gasteiger partial charge in [0.05, 0.1) is 11.4 Å². The molecule has 4 aromatic rings. The Bertz CT molecular complexity index is 1090. The fourth-order valence-electron chi connectivity index (χ4n) is 2.57. The minimum absolute atomic E-state index is 0.265. The van der Waals surface area contributed by atoms with Gasteiger partial charge in [-0.15, -0.1) is 11.3 Å². The first-order valence-corrected chi connectivity index (χ1v) is 8.97. The van der Waals surface area contributed by atoms with Crippen LogP contribution >= 0.6 is 22.9 Å². The van der Waals surface area contributed by atoms with Gasteiger partial charge in [0.15, 0.2) is 0 Å². The number of nitrogen functional groups attached to an aromatic ring is 1. The molecule has 4 rings (SSSR count). The number of halogens is 1. The Morgan fingerprint density at radius 3 is 2.50 bits per heavy atom. The van der Waals surface area contributed by atoms with Gasteiger partial charge in [-0.2, -0.15) is 0 Å². The fraction of sp³-hybridized carbons (Fsp3) is 0. The number of carbonyl (C=O) groups is 1. The first-order valence-electron chi connectivity index (χ1n) is 7.78. The molecule has 128 valence electrons. The van der Waals surface area contributed by atoms with Crippen molar-refractivity contribution in [3.63, 3.8) is 0 Å². The number of anilines is 2. The largest absolute Gasteiger partial charge is 0.397 e. The van der Waals surface area contributed by atoms with Crippen molar-refractivity contribution in [3.05, 3.63) is 70.8 Å². The van der Waals surface area contributed by atoms with E-state index in [0.29, 0.717) is 21.3 Å². The molecule has 0 bridgehead atoms. The van der Waals surface area contributed by atoms with Gasteiger partial charge in [0.25, 0.3) is 5.91 Å². The summed E-state index contributed by atoms with van der Waals surface area (Å²) in [5, 5.41) is 4.21. The van der Waals surface area contributed by atoms with Crippen LogP contribution in [0.1, 0.15) is 9.67 Å². The summed E-state index contributed by atoms with van der Waals surface area (Å²) in [5.74, 6) is -0.265. The summed E-state index contributed by atoms with van der Waals surface area (Å²) in [6.07, 6.45) is 3.43. The van der Waals surface area contributed by atoms with E-state index < -0.39 is 0 Å². The van der Waals surface area contributed by atoms with Gasteiger partial charge in [-0.1, -0.05) is 11.6 Å². The molecule has 0 aliphatic carbocycles. The first kappa shape index (κ1) is 16.5. The topological polar surface area (TPSA) is 80.9 Å². The fourth-order valence-corrected chi connectivity index (χ4v) is 3.69. The number of pyridine rings is 2. The molecule has 0 saturated heterocycles. The Labute approximate surface area is 158 Å². The van der Waals surface area contributed by atoms with E-state index in [2.05, 4.69) is 15.3 Å². The number of carbonyl (C=O) groups excluding carboxylic acids is 1. The molecule has 0 radical (unpaired) electrons. The van der Waals surface area contributed by atoms with Crippen LogP contribution in [0.25, 0.3) is 21.5 Å². The van der Waals surface area contributed by atoms with Crippen LogP contribution in [0.2, 0.25) is 5.02 Å². The Morgan fingerprint density at radius 2 is 1.77 bits per heavy atom. The molecule has 3 aromatic heterocycles. The summed E-state index contributed by atoms with van der Waals surface area (Å²) in [7, 11) is 0. The molecule has 5 nitrogen and oxygen atoms in total. The number of fused-ring (bicyclic) bond motifs is 1. The SMILES string of the molecule is Nc1c(C(=O)Nc2ccc(Cl)cc2)sc2nc(-c3ccncc3)ccc12. The van der Waals surface area contributed by atoms with E-state index in [9.17, 15) is 4.79 Å². The molecule has 1 amide bonds. The molecule has 0 aliphatic rings. The third kappa shape index (κ3) is 3.12. The van der Waals surface area contributed by atoms with Crippen LogP contribution in [0.15, 0.2) is 60.9 Å². The minimum atomic E-state index is -0.265. The highest BCUT2D eigenvalue weighted by Crippen LogP contribution is 2.34. The zero-order chi connectivity index (χ0) is 18.1. The Morgan fingerprint density at radius 1 is 1.04 bits per heavy atom. The number of nitrogens with one attached hydrogen (secondary N) is 1. The highest BCUT2D eigenvalue weighted by molar-refractivity contribution is 7.21. The van der Waals surface area contributed by atoms with Gasteiger partial charge in [0.2, 0.25) is 0 Å². The molecule has 26 heavy (non-hydrogen) atoms. The molecule has 0 aliphatic heterocycles. The summed E-state index contributed by atoms with van der Waals surface area (Å²) < 4.78 is 0. The van der Waals surface area contributed by atoms with Crippen LogP contribution < -0.4 is 11.1 Å². The van der Waals surface area contributed by atoms with Crippen molar-refractivity contribution < 1.29 is 4.79 Å². The maximum absolute atomic E-state index is 12.6. The van der Waals surface area contributed by atoms with E-state index in [-0.39, 0.29) is 5.91 Å².